The van der Waals surface area contributed by atoms with Crippen molar-refractivity contribution in [1.29, 1.82) is 5.26 Å². The molecule has 0 saturated carbocycles. The summed E-state index contributed by atoms with van der Waals surface area (Å²) in [5, 5.41) is 16.4. The molecule has 0 unspecified atom stereocenters. The molecule has 2 aromatic carbocycles. The Morgan fingerprint density at radius 3 is 2.72 bits per heavy atom. The van der Waals surface area contributed by atoms with Crippen molar-refractivity contribution in [3.05, 3.63) is 82.0 Å². The number of carbonyl (C=O) groups is 2. The molecule has 8 heteroatoms. The minimum Gasteiger partial charge on any atom is -0.342 e. The smallest absolute Gasteiger partial charge is 0.251 e. The Hall–Kier alpha value is -3.96. The van der Waals surface area contributed by atoms with Crippen molar-refractivity contribution >= 4 is 39.2 Å². The Morgan fingerprint density at radius 1 is 1.19 bits per heavy atom. The van der Waals surface area contributed by atoms with E-state index in [1.54, 1.807) is 12.1 Å². The van der Waals surface area contributed by atoms with E-state index in [-0.39, 0.29) is 18.4 Å². The van der Waals surface area contributed by atoms with Gasteiger partial charge in [0.2, 0.25) is 5.91 Å². The predicted octanol–water partition coefficient (Wildman–Crippen LogP) is 5.22. The third kappa shape index (κ3) is 4.62. The van der Waals surface area contributed by atoms with Crippen molar-refractivity contribution in [3.63, 3.8) is 0 Å². The fraction of sp³-hybridized carbons (Fsp3) is 0.286. The molecule has 0 spiro atoms. The van der Waals surface area contributed by atoms with Gasteiger partial charge in [0, 0.05) is 10.4 Å². The summed E-state index contributed by atoms with van der Waals surface area (Å²) in [6, 6.07) is 18.5. The molecule has 0 saturated heterocycles. The van der Waals surface area contributed by atoms with Crippen LogP contribution in [0.1, 0.15) is 58.5 Å². The number of aromatic nitrogens is 2. The average Bonchev–Trinajstić information content (AvgIpc) is 3.41. The van der Waals surface area contributed by atoms with E-state index in [0.29, 0.717) is 27.9 Å². The first-order valence-corrected chi connectivity index (χ1v) is 12.9. The number of thiophene rings is 1. The molecule has 1 aliphatic carbocycles. The van der Waals surface area contributed by atoms with Gasteiger partial charge in [-0.1, -0.05) is 37.3 Å². The maximum absolute atomic E-state index is 13.2. The monoisotopic (exact) mass is 497 g/mol. The molecule has 5 rings (SSSR count). The molecule has 36 heavy (non-hydrogen) atoms. The van der Waals surface area contributed by atoms with Gasteiger partial charge < -0.3 is 15.2 Å². The Bertz CT molecular complexity index is 1480. The summed E-state index contributed by atoms with van der Waals surface area (Å²) >= 11 is 1.52. The summed E-state index contributed by atoms with van der Waals surface area (Å²) in [7, 11) is 0. The van der Waals surface area contributed by atoms with Gasteiger partial charge in [-0.25, -0.2) is 4.98 Å². The number of nitrogens with one attached hydrogen (secondary N) is 2. The number of rotatable bonds is 6. The molecule has 0 fully saturated rings. The Labute approximate surface area is 213 Å². The molecule has 0 radical (unpaired) electrons. The molecular formula is C28H27N5O2S. The minimum atomic E-state index is -0.428. The van der Waals surface area contributed by atoms with Crippen LogP contribution in [0.2, 0.25) is 0 Å². The molecule has 2 heterocycles. The van der Waals surface area contributed by atoms with E-state index in [4.69, 9.17) is 4.98 Å². The van der Waals surface area contributed by atoms with Crippen LogP contribution in [0.15, 0.2) is 54.6 Å². The quantitative estimate of drug-likeness (QED) is 0.381. The van der Waals surface area contributed by atoms with Gasteiger partial charge in [-0.15, -0.1) is 11.3 Å². The molecule has 0 bridgehead atoms. The topological polar surface area (TPSA) is 99.8 Å². The van der Waals surface area contributed by atoms with Crippen molar-refractivity contribution in [2.24, 2.45) is 5.92 Å². The molecule has 2 N–H and O–H groups in total. The highest BCUT2D eigenvalue weighted by Gasteiger charge is 2.26. The zero-order chi connectivity index (χ0) is 25.2. The Morgan fingerprint density at radius 2 is 1.94 bits per heavy atom. The number of imidazole rings is 1. The second-order valence-electron chi connectivity index (χ2n) is 9.32. The maximum atomic E-state index is 13.2. The van der Waals surface area contributed by atoms with Gasteiger partial charge in [-0.05, 0) is 61.9 Å². The molecule has 4 aromatic rings. The van der Waals surface area contributed by atoms with Gasteiger partial charge in [0.15, 0.2) is 0 Å². The maximum Gasteiger partial charge on any atom is 0.251 e. The molecule has 7 nitrogen and oxygen atoms in total. The number of fused-ring (bicyclic) bond motifs is 2. The standard InChI is InChI=1S/C28H27N5O2S/c1-17-12-13-20-21(15-29)28(36-24(20)14-17)32-25(34)16-33-23-11-7-6-10-22(23)31-26(33)18(2)30-27(35)19-8-4-3-5-9-19/h3-11,17-18H,12-14,16H2,1-2H3,(H,30,35)(H,32,34)/t17-,18+/m0/s1. The second kappa shape index (κ2) is 9.96. The van der Waals surface area contributed by atoms with E-state index in [1.165, 1.54) is 16.2 Å². The van der Waals surface area contributed by atoms with Gasteiger partial charge in [-0.3, -0.25) is 9.59 Å². The first kappa shape index (κ1) is 23.8. The fourth-order valence-electron chi connectivity index (χ4n) is 4.79. The van der Waals surface area contributed by atoms with Crippen LogP contribution in [0.3, 0.4) is 0 Å². The SMILES string of the molecule is C[C@H]1CCc2c(sc(NC(=O)Cn3c([C@@H](C)NC(=O)c4ccccc4)nc4ccccc43)c2C#N)C1. The van der Waals surface area contributed by atoms with Gasteiger partial charge >= 0.3 is 0 Å². The molecule has 2 amide bonds. The van der Waals surface area contributed by atoms with E-state index in [1.807, 2.05) is 54.0 Å². The van der Waals surface area contributed by atoms with Crippen molar-refractivity contribution in [1.82, 2.24) is 14.9 Å². The average molecular weight is 498 g/mol. The largest absolute Gasteiger partial charge is 0.342 e. The third-order valence-corrected chi connectivity index (χ3v) is 7.80. The van der Waals surface area contributed by atoms with Gasteiger partial charge in [0.05, 0.1) is 22.6 Å². The third-order valence-electron chi connectivity index (χ3n) is 6.63. The van der Waals surface area contributed by atoms with E-state index in [0.717, 1.165) is 35.9 Å². The summed E-state index contributed by atoms with van der Waals surface area (Å²) < 4.78 is 1.84. The minimum absolute atomic E-state index is 0.0191. The summed E-state index contributed by atoms with van der Waals surface area (Å²) in [6.45, 7) is 4.10. The number of para-hydroxylation sites is 2. The predicted molar refractivity (Wildman–Crippen MR) is 141 cm³/mol. The van der Waals surface area contributed by atoms with E-state index in [9.17, 15) is 14.9 Å². The zero-order valence-electron chi connectivity index (χ0n) is 20.2. The second-order valence-corrected chi connectivity index (χ2v) is 10.4. The lowest BCUT2D eigenvalue weighted by Crippen LogP contribution is -2.30. The highest BCUT2D eigenvalue weighted by Crippen LogP contribution is 2.39. The van der Waals surface area contributed by atoms with Gasteiger partial charge in [0.1, 0.15) is 23.4 Å². The van der Waals surface area contributed by atoms with Crippen LogP contribution in [0, 0.1) is 17.2 Å². The van der Waals surface area contributed by atoms with Crippen LogP contribution in [0.4, 0.5) is 5.00 Å². The van der Waals surface area contributed by atoms with Crippen LogP contribution >= 0.6 is 11.3 Å². The number of hydrogen-bond acceptors (Lipinski definition) is 5. The van der Waals surface area contributed by atoms with E-state index in [2.05, 4.69) is 23.6 Å². The number of nitrogens with zero attached hydrogens (tertiary/aromatic N) is 3. The number of hydrogen-bond donors (Lipinski definition) is 2. The number of anilines is 1. The van der Waals surface area contributed by atoms with E-state index >= 15 is 0 Å². The molecule has 0 aliphatic heterocycles. The normalized spacial score (nSPS) is 15.6. The summed E-state index contributed by atoms with van der Waals surface area (Å²) in [4.78, 5) is 31.9. The van der Waals surface area contributed by atoms with Crippen LogP contribution in [-0.4, -0.2) is 21.4 Å². The van der Waals surface area contributed by atoms with Crippen molar-refractivity contribution in [3.8, 4) is 6.07 Å². The number of benzene rings is 2. The van der Waals surface area contributed by atoms with Gasteiger partial charge in [-0.2, -0.15) is 5.26 Å². The molecule has 182 valence electrons. The first-order valence-electron chi connectivity index (χ1n) is 12.1. The Balaban J connectivity index is 1.40. The number of amides is 2. The van der Waals surface area contributed by atoms with Gasteiger partial charge in [0.25, 0.3) is 5.91 Å². The molecular weight excluding hydrogens is 470 g/mol. The highest BCUT2D eigenvalue weighted by molar-refractivity contribution is 7.16. The summed E-state index contributed by atoms with van der Waals surface area (Å²) in [5.41, 5.74) is 3.80. The Kier molecular flexibility index (Phi) is 6.57. The molecule has 2 atom stereocenters. The summed E-state index contributed by atoms with van der Waals surface area (Å²) in [6.07, 6.45) is 2.88. The fourth-order valence-corrected chi connectivity index (χ4v) is 6.17. The zero-order valence-corrected chi connectivity index (χ0v) is 21.1. The van der Waals surface area contributed by atoms with Crippen molar-refractivity contribution < 1.29 is 9.59 Å². The first-order chi connectivity index (χ1) is 17.4. The number of carbonyl (C=O) groups excluding carboxylic acids is 2. The lowest BCUT2D eigenvalue weighted by atomic mass is 9.89. The lowest BCUT2D eigenvalue weighted by molar-refractivity contribution is -0.116. The van der Waals surface area contributed by atoms with Crippen LogP contribution in [0.25, 0.3) is 11.0 Å². The van der Waals surface area contributed by atoms with Crippen LogP contribution < -0.4 is 10.6 Å². The van der Waals surface area contributed by atoms with Crippen LogP contribution in [-0.2, 0) is 24.2 Å². The molecule has 1 aliphatic rings. The van der Waals surface area contributed by atoms with E-state index < -0.39 is 6.04 Å². The van der Waals surface area contributed by atoms with Crippen LogP contribution in [0.5, 0.6) is 0 Å². The molecule has 2 aromatic heterocycles. The highest BCUT2D eigenvalue weighted by atomic mass is 32.1. The number of nitriles is 1. The summed E-state index contributed by atoms with van der Waals surface area (Å²) in [5.74, 6) is 0.737. The van der Waals surface area contributed by atoms with Crippen molar-refractivity contribution in [2.75, 3.05) is 5.32 Å². The van der Waals surface area contributed by atoms with Crippen molar-refractivity contribution in [2.45, 2.75) is 45.7 Å². The lowest BCUT2D eigenvalue weighted by Gasteiger charge is -2.17.